The lowest BCUT2D eigenvalue weighted by Crippen LogP contribution is -2.57. The normalized spacial score (nSPS) is 18.2. The second kappa shape index (κ2) is 15.9. The Hall–Kier alpha value is -3.36. The second-order valence-corrected chi connectivity index (χ2v) is 9.88. The Morgan fingerprint density at radius 1 is 1.19 bits per heavy atom. The van der Waals surface area contributed by atoms with Gasteiger partial charge in [0.05, 0.1) is 30.7 Å². The van der Waals surface area contributed by atoms with Crippen molar-refractivity contribution in [3.63, 3.8) is 0 Å². The first-order valence-corrected chi connectivity index (χ1v) is 13.2. The number of hydrazine groups is 1. The molecule has 1 saturated heterocycles. The highest BCUT2D eigenvalue weighted by molar-refractivity contribution is 5.95. The van der Waals surface area contributed by atoms with Gasteiger partial charge in [-0.3, -0.25) is 14.8 Å². The fourth-order valence-electron chi connectivity index (χ4n) is 5.22. The minimum absolute atomic E-state index is 0. The molecule has 236 valence electrons. The summed E-state index contributed by atoms with van der Waals surface area (Å²) in [6.45, 7) is 1.66. The molecule has 1 aromatic carbocycles. The summed E-state index contributed by atoms with van der Waals surface area (Å²) >= 11 is 0. The number of nitrogens with one attached hydrogen (secondary N) is 1. The Balaban J connectivity index is 0.00000323. The van der Waals surface area contributed by atoms with Crippen molar-refractivity contribution in [2.24, 2.45) is 0 Å². The number of ether oxygens (including phenoxy) is 2. The quantitative estimate of drug-likeness (QED) is 0.282. The maximum absolute atomic E-state index is 14.3. The van der Waals surface area contributed by atoms with Gasteiger partial charge in [-0.2, -0.15) is 0 Å². The molecule has 1 atom stereocenters. The molecule has 0 radical (unpaired) electrons. The van der Waals surface area contributed by atoms with E-state index >= 15 is 0 Å². The molecule has 2 N–H and O–H groups in total. The largest absolute Gasteiger partial charge is 0.466 e. The first kappa shape index (κ1) is 35.8. The zero-order valence-electron chi connectivity index (χ0n) is 23.7. The van der Waals surface area contributed by atoms with Gasteiger partial charge in [0.25, 0.3) is 0 Å². The number of halogens is 4. The number of nitrogens with zero attached hydrogens (tertiary/aromatic N) is 4. The summed E-state index contributed by atoms with van der Waals surface area (Å²) in [6, 6.07) is 6.37. The number of amides is 3. The van der Waals surface area contributed by atoms with E-state index in [4.69, 9.17) is 9.47 Å². The van der Waals surface area contributed by atoms with Gasteiger partial charge in [0.15, 0.2) is 11.6 Å². The predicted molar refractivity (Wildman–Crippen MR) is 156 cm³/mol. The molecule has 3 heterocycles. The zero-order chi connectivity index (χ0) is 29.6. The highest BCUT2D eigenvalue weighted by Gasteiger charge is 2.43. The van der Waals surface area contributed by atoms with E-state index in [1.165, 1.54) is 13.2 Å². The summed E-state index contributed by atoms with van der Waals surface area (Å²) in [7, 11) is 2.51. The van der Waals surface area contributed by atoms with Crippen LogP contribution in [0.25, 0.3) is 0 Å². The van der Waals surface area contributed by atoms with E-state index in [2.05, 4.69) is 15.2 Å². The molecular weight excluding hydrogens is 611 g/mol. The van der Waals surface area contributed by atoms with Crippen LogP contribution < -0.4 is 5.32 Å². The maximum atomic E-state index is 14.3. The number of urea groups is 1. The molecule has 1 fully saturated rings. The van der Waals surface area contributed by atoms with Crippen molar-refractivity contribution in [3.05, 3.63) is 76.8 Å². The van der Waals surface area contributed by atoms with Crippen LogP contribution in [-0.2, 0) is 24.7 Å². The molecule has 11 nitrogen and oxygen atoms in total. The van der Waals surface area contributed by atoms with Crippen LogP contribution in [0, 0.1) is 11.6 Å². The van der Waals surface area contributed by atoms with E-state index in [1.54, 1.807) is 18.3 Å². The average Bonchev–Trinajstić information content (AvgIpc) is 2.98. The molecule has 0 bridgehead atoms. The number of pyridine rings is 1. The average molecular weight is 647 g/mol. The van der Waals surface area contributed by atoms with Gasteiger partial charge in [0.2, 0.25) is 6.41 Å². The lowest BCUT2D eigenvalue weighted by atomic mass is 9.87. The number of methoxy groups -OCH3 is 2. The van der Waals surface area contributed by atoms with Crippen LogP contribution in [-0.4, -0.2) is 90.4 Å². The maximum Gasteiger partial charge on any atom is 0.341 e. The van der Waals surface area contributed by atoms with Crippen LogP contribution in [0.15, 0.2) is 53.9 Å². The fraction of sp³-hybridized carbons (Fsp3) is 0.429. The second-order valence-electron chi connectivity index (χ2n) is 9.88. The number of likely N-dealkylation sites (tertiary alicyclic amines) is 1. The number of hydrogen-bond acceptors (Lipinski definition) is 8. The molecule has 2 aliphatic rings. The van der Waals surface area contributed by atoms with E-state index in [0.29, 0.717) is 51.0 Å². The summed E-state index contributed by atoms with van der Waals surface area (Å²) < 4.78 is 38.2. The van der Waals surface area contributed by atoms with Crippen LogP contribution in [0.5, 0.6) is 0 Å². The topological polar surface area (TPSA) is 125 Å². The van der Waals surface area contributed by atoms with Crippen molar-refractivity contribution >= 4 is 43.2 Å². The van der Waals surface area contributed by atoms with Crippen molar-refractivity contribution < 1.29 is 37.7 Å². The molecule has 15 heteroatoms. The number of hydrogen-bond donors (Lipinski definition) is 2. The van der Waals surface area contributed by atoms with Gasteiger partial charge in [-0.15, -0.1) is 24.8 Å². The fourth-order valence-corrected chi connectivity index (χ4v) is 5.22. The molecule has 1 unspecified atom stereocenters. The lowest BCUT2D eigenvalue weighted by molar-refractivity contribution is -0.141. The van der Waals surface area contributed by atoms with Gasteiger partial charge >= 0.3 is 12.0 Å². The highest BCUT2D eigenvalue weighted by Crippen LogP contribution is 2.36. The van der Waals surface area contributed by atoms with Crippen molar-refractivity contribution in [2.75, 3.05) is 47.0 Å². The number of piperidine rings is 1. The van der Waals surface area contributed by atoms with Gasteiger partial charge in [-0.1, -0.05) is 12.1 Å². The first-order chi connectivity index (χ1) is 19.7. The number of benzene rings is 1. The van der Waals surface area contributed by atoms with Gasteiger partial charge in [0, 0.05) is 32.9 Å². The predicted octanol–water partition coefficient (Wildman–Crippen LogP) is 3.09. The first-order valence-electron chi connectivity index (χ1n) is 13.2. The van der Waals surface area contributed by atoms with E-state index in [-0.39, 0.29) is 54.8 Å². The monoisotopic (exact) mass is 645 g/mol. The van der Waals surface area contributed by atoms with Gasteiger partial charge in [-0.25, -0.2) is 23.4 Å². The zero-order valence-corrected chi connectivity index (χ0v) is 25.3. The minimum atomic E-state index is -1.30. The van der Waals surface area contributed by atoms with Crippen LogP contribution in [0.1, 0.15) is 36.6 Å². The molecule has 3 amide bonds. The standard InChI is InChI=1S/C28H33F2N5O6.2ClH/c1-40-17-22-24(26(37)41-2)25(19-7-8-20(29)21(30)16-19)35(27(38)32-22)34(18-36)13-5-12-33-14-9-28(39,10-15-33)23-6-3-4-11-31-23;;/h3-4,6-8,11,16,18,25,39H,5,9-10,12-15,17H2,1-2H3,(H,32,38);2*1H. The third-order valence-electron chi connectivity index (χ3n) is 7.35. The van der Waals surface area contributed by atoms with E-state index < -0.39 is 35.3 Å². The SMILES string of the molecule is COCC1=C(C(=O)OC)C(c2ccc(F)c(F)c2)N(N(C=O)CCCN2CCC(O)(c3ccccn3)CC2)C(=O)N1.Cl.Cl. The molecular formula is C28H35Cl2F2N5O6. The molecule has 1 aromatic heterocycles. The number of aromatic nitrogens is 1. The minimum Gasteiger partial charge on any atom is -0.466 e. The van der Waals surface area contributed by atoms with Crippen molar-refractivity contribution in [3.8, 4) is 0 Å². The third kappa shape index (κ3) is 7.98. The van der Waals surface area contributed by atoms with Gasteiger partial charge < -0.3 is 24.8 Å². The van der Waals surface area contributed by atoms with Crippen LogP contribution >= 0.6 is 24.8 Å². The molecule has 0 aliphatic carbocycles. The number of esters is 1. The summed E-state index contributed by atoms with van der Waals surface area (Å²) in [5, 5.41) is 15.7. The Labute approximate surface area is 260 Å². The molecule has 4 rings (SSSR count). The summed E-state index contributed by atoms with van der Waals surface area (Å²) in [4.78, 5) is 44.9. The van der Waals surface area contributed by atoms with Gasteiger partial charge in [-0.05, 0) is 55.6 Å². The van der Waals surface area contributed by atoms with Crippen LogP contribution in [0.2, 0.25) is 0 Å². The van der Waals surface area contributed by atoms with Crippen molar-refractivity contribution in [2.45, 2.75) is 30.9 Å². The van der Waals surface area contributed by atoms with E-state index in [1.807, 2.05) is 6.07 Å². The number of carbonyl (C=O) groups is 3. The van der Waals surface area contributed by atoms with Crippen LogP contribution in [0.3, 0.4) is 0 Å². The Morgan fingerprint density at radius 2 is 1.91 bits per heavy atom. The number of aliphatic hydroxyl groups is 1. The summed E-state index contributed by atoms with van der Waals surface area (Å²) in [6.07, 6.45) is 3.51. The van der Waals surface area contributed by atoms with E-state index in [0.717, 1.165) is 29.3 Å². The lowest BCUT2D eigenvalue weighted by Gasteiger charge is -2.42. The summed E-state index contributed by atoms with van der Waals surface area (Å²) in [5.41, 5.74) is -0.323. The molecule has 2 aliphatic heterocycles. The highest BCUT2D eigenvalue weighted by atomic mass is 35.5. The molecule has 2 aromatic rings. The third-order valence-corrected chi connectivity index (χ3v) is 7.35. The van der Waals surface area contributed by atoms with Crippen LogP contribution in [0.4, 0.5) is 13.6 Å². The van der Waals surface area contributed by atoms with Gasteiger partial charge in [0.1, 0.15) is 11.6 Å². The van der Waals surface area contributed by atoms with E-state index in [9.17, 15) is 28.3 Å². The Bertz CT molecular complexity index is 1300. The Kier molecular flexibility index (Phi) is 13.3. The molecule has 0 saturated carbocycles. The summed E-state index contributed by atoms with van der Waals surface area (Å²) in [5.74, 6) is -3.12. The molecule has 43 heavy (non-hydrogen) atoms. The number of rotatable bonds is 11. The smallest absolute Gasteiger partial charge is 0.341 e. The molecule has 0 spiro atoms. The van der Waals surface area contributed by atoms with Crippen molar-refractivity contribution in [1.82, 2.24) is 25.2 Å². The van der Waals surface area contributed by atoms with Crippen molar-refractivity contribution in [1.29, 1.82) is 0 Å². The number of carbonyl (C=O) groups excluding carboxylic acids is 3. The Morgan fingerprint density at radius 3 is 2.49 bits per heavy atom.